The number of amides is 1. The highest BCUT2D eigenvalue weighted by Crippen LogP contribution is 2.28. The number of esters is 1. The van der Waals surface area contributed by atoms with Gasteiger partial charge in [0.1, 0.15) is 0 Å². The maximum absolute atomic E-state index is 12.1. The number of benzene rings is 1. The molecule has 2 aromatic rings. The van der Waals surface area contributed by atoms with E-state index in [0.29, 0.717) is 23.8 Å². The molecule has 0 unspecified atom stereocenters. The Bertz CT molecular complexity index is 869. The number of anilines is 1. The molecule has 7 nitrogen and oxygen atoms in total. The van der Waals surface area contributed by atoms with E-state index in [1.807, 2.05) is 6.92 Å². The number of pyridine rings is 1. The van der Waals surface area contributed by atoms with Crippen LogP contribution in [-0.4, -0.2) is 36.7 Å². The molecular weight excluding hydrogens is 384 g/mol. The molecule has 0 radical (unpaired) electrons. The second-order valence-electron chi connectivity index (χ2n) is 5.59. The largest absolute Gasteiger partial charge is 0.493 e. The standard InChI is InChI=1S/C20H21ClN2O5/c1-4-27-17-12-14(7-9-16(17)26-3)8-10-18(24)28-13(2)20(25)23-15-6-5-11-22-19(15)21/h5-13H,4H2,1-3H3,(H,23,25)/b10-8+/t13-/m0/s1. The van der Waals surface area contributed by atoms with Crippen LogP contribution in [-0.2, 0) is 14.3 Å². The number of nitrogens with one attached hydrogen (secondary N) is 1. The van der Waals surface area contributed by atoms with E-state index in [9.17, 15) is 9.59 Å². The van der Waals surface area contributed by atoms with Crippen LogP contribution in [0.1, 0.15) is 19.4 Å². The minimum Gasteiger partial charge on any atom is -0.493 e. The number of carbonyl (C=O) groups excluding carboxylic acids is 2. The maximum atomic E-state index is 12.1. The molecule has 0 bridgehead atoms. The van der Waals surface area contributed by atoms with Crippen molar-refractivity contribution in [3.63, 3.8) is 0 Å². The van der Waals surface area contributed by atoms with E-state index < -0.39 is 18.0 Å². The number of nitrogens with zero attached hydrogens (tertiary/aromatic N) is 1. The monoisotopic (exact) mass is 404 g/mol. The van der Waals surface area contributed by atoms with E-state index in [1.165, 1.54) is 19.2 Å². The second kappa shape index (κ2) is 10.3. The maximum Gasteiger partial charge on any atom is 0.331 e. The molecule has 28 heavy (non-hydrogen) atoms. The van der Waals surface area contributed by atoms with E-state index in [0.717, 1.165) is 5.56 Å². The smallest absolute Gasteiger partial charge is 0.331 e. The summed E-state index contributed by atoms with van der Waals surface area (Å²) in [5.74, 6) is -0.00372. The Kier molecular flexibility index (Phi) is 7.83. The lowest BCUT2D eigenvalue weighted by atomic mass is 10.2. The lowest BCUT2D eigenvalue weighted by Gasteiger charge is -2.13. The van der Waals surface area contributed by atoms with E-state index in [4.69, 9.17) is 25.8 Å². The third-order valence-corrected chi connectivity index (χ3v) is 3.88. The third-order valence-electron chi connectivity index (χ3n) is 3.58. The van der Waals surface area contributed by atoms with Gasteiger partial charge in [0.15, 0.2) is 22.8 Å². The first-order chi connectivity index (χ1) is 13.4. The molecule has 1 atom stereocenters. The lowest BCUT2D eigenvalue weighted by Crippen LogP contribution is -2.29. The van der Waals surface area contributed by atoms with Crippen LogP contribution < -0.4 is 14.8 Å². The fourth-order valence-corrected chi connectivity index (χ4v) is 2.38. The molecule has 0 fully saturated rings. The molecule has 1 amide bonds. The van der Waals surface area contributed by atoms with E-state index in [1.54, 1.807) is 43.5 Å². The molecule has 0 saturated carbocycles. The van der Waals surface area contributed by atoms with Gasteiger partial charge in [-0.1, -0.05) is 17.7 Å². The summed E-state index contributed by atoms with van der Waals surface area (Å²) in [6.45, 7) is 3.81. The van der Waals surface area contributed by atoms with Crippen molar-refractivity contribution in [1.29, 1.82) is 0 Å². The number of hydrogen-bond donors (Lipinski definition) is 1. The molecule has 1 N–H and O–H groups in total. The summed E-state index contributed by atoms with van der Waals surface area (Å²) in [5.41, 5.74) is 1.06. The van der Waals surface area contributed by atoms with E-state index in [-0.39, 0.29) is 5.15 Å². The quantitative estimate of drug-likeness (QED) is 0.410. The Morgan fingerprint density at radius 2 is 2.07 bits per heavy atom. The van der Waals surface area contributed by atoms with Crippen LogP contribution in [0.3, 0.4) is 0 Å². The number of hydrogen-bond acceptors (Lipinski definition) is 6. The predicted molar refractivity (Wildman–Crippen MR) is 107 cm³/mol. The summed E-state index contributed by atoms with van der Waals surface area (Å²) < 4.78 is 15.8. The molecule has 1 aromatic carbocycles. The van der Waals surface area contributed by atoms with Crippen LogP contribution in [0.25, 0.3) is 6.08 Å². The minimum atomic E-state index is -1.01. The number of aromatic nitrogens is 1. The highest BCUT2D eigenvalue weighted by atomic mass is 35.5. The average molecular weight is 405 g/mol. The number of rotatable bonds is 8. The molecule has 0 spiro atoms. The first-order valence-electron chi connectivity index (χ1n) is 8.55. The van der Waals surface area contributed by atoms with Crippen molar-refractivity contribution < 1.29 is 23.8 Å². The molecular formula is C20H21ClN2O5. The van der Waals surface area contributed by atoms with Gasteiger partial charge in [-0.25, -0.2) is 9.78 Å². The number of methoxy groups -OCH3 is 1. The fourth-order valence-electron chi connectivity index (χ4n) is 2.21. The topological polar surface area (TPSA) is 86.8 Å². The van der Waals surface area contributed by atoms with Gasteiger partial charge in [-0.2, -0.15) is 0 Å². The van der Waals surface area contributed by atoms with Crippen molar-refractivity contribution in [2.75, 3.05) is 19.0 Å². The number of ether oxygens (including phenoxy) is 3. The zero-order valence-corrected chi connectivity index (χ0v) is 16.5. The molecule has 0 saturated heterocycles. The molecule has 0 aliphatic heterocycles. The summed E-state index contributed by atoms with van der Waals surface area (Å²) >= 11 is 5.89. The van der Waals surface area contributed by atoms with Crippen LogP contribution >= 0.6 is 11.6 Å². The normalized spacial score (nSPS) is 11.7. The van der Waals surface area contributed by atoms with Crippen molar-refractivity contribution in [3.8, 4) is 11.5 Å². The van der Waals surface area contributed by atoms with Gasteiger partial charge in [0.2, 0.25) is 0 Å². The predicted octanol–water partition coefficient (Wildman–Crippen LogP) is 3.73. The third kappa shape index (κ3) is 5.99. The summed E-state index contributed by atoms with van der Waals surface area (Å²) in [6.07, 6.45) is 3.29. The zero-order valence-electron chi connectivity index (χ0n) is 15.8. The average Bonchev–Trinajstić information content (AvgIpc) is 2.68. The van der Waals surface area contributed by atoms with Crippen molar-refractivity contribution in [1.82, 2.24) is 4.98 Å². The summed E-state index contributed by atoms with van der Waals surface area (Å²) in [4.78, 5) is 28.0. The molecule has 1 aromatic heterocycles. The van der Waals surface area contributed by atoms with E-state index in [2.05, 4.69) is 10.3 Å². The van der Waals surface area contributed by atoms with Crippen LogP contribution in [0, 0.1) is 0 Å². The SMILES string of the molecule is CCOc1cc(/C=C/C(=O)O[C@@H](C)C(=O)Nc2cccnc2Cl)ccc1OC. The van der Waals surface area contributed by atoms with Crippen molar-refractivity contribution in [3.05, 3.63) is 53.3 Å². The van der Waals surface area contributed by atoms with Gasteiger partial charge in [-0.3, -0.25) is 4.79 Å². The van der Waals surface area contributed by atoms with Crippen LogP contribution in [0.5, 0.6) is 11.5 Å². The number of carbonyl (C=O) groups is 2. The highest BCUT2D eigenvalue weighted by Gasteiger charge is 2.17. The van der Waals surface area contributed by atoms with Crippen LogP contribution in [0.2, 0.25) is 5.15 Å². The second-order valence-corrected chi connectivity index (χ2v) is 5.94. The molecule has 0 aliphatic rings. The van der Waals surface area contributed by atoms with Crippen molar-refractivity contribution in [2.24, 2.45) is 0 Å². The first-order valence-corrected chi connectivity index (χ1v) is 8.93. The van der Waals surface area contributed by atoms with E-state index >= 15 is 0 Å². The van der Waals surface area contributed by atoms with Crippen molar-refractivity contribution >= 4 is 35.2 Å². The highest BCUT2D eigenvalue weighted by molar-refractivity contribution is 6.32. The van der Waals surface area contributed by atoms with Gasteiger partial charge in [0.05, 0.1) is 19.4 Å². The van der Waals surface area contributed by atoms with Crippen LogP contribution in [0.4, 0.5) is 5.69 Å². The molecule has 2 rings (SSSR count). The van der Waals surface area contributed by atoms with Crippen molar-refractivity contribution in [2.45, 2.75) is 20.0 Å². The first kappa shape index (κ1) is 21.2. The van der Waals surface area contributed by atoms with Gasteiger partial charge >= 0.3 is 5.97 Å². The Hall–Kier alpha value is -3.06. The van der Waals surface area contributed by atoms with Gasteiger partial charge in [-0.05, 0) is 49.8 Å². The molecule has 8 heteroatoms. The molecule has 0 aliphatic carbocycles. The summed E-state index contributed by atoms with van der Waals surface area (Å²) in [6, 6.07) is 8.48. The minimum absolute atomic E-state index is 0.152. The van der Waals surface area contributed by atoms with Gasteiger partial charge < -0.3 is 19.5 Å². The van der Waals surface area contributed by atoms with Crippen LogP contribution in [0.15, 0.2) is 42.6 Å². The molecule has 148 valence electrons. The Labute approximate surface area is 168 Å². The summed E-state index contributed by atoms with van der Waals surface area (Å²) in [5, 5.41) is 2.71. The number of halogens is 1. The fraction of sp³-hybridized carbons (Fsp3) is 0.250. The van der Waals surface area contributed by atoms with Gasteiger partial charge in [-0.15, -0.1) is 0 Å². The Morgan fingerprint density at radius 3 is 2.75 bits per heavy atom. The Balaban J connectivity index is 1.96. The van der Waals surface area contributed by atoms with Gasteiger partial charge in [0, 0.05) is 12.3 Å². The summed E-state index contributed by atoms with van der Waals surface area (Å²) in [7, 11) is 1.55. The zero-order chi connectivity index (χ0) is 20.5. The molecule has 1 heterocycles. The lowest BCUT2D eigenvalue weighted by molar-refractivity contribution is -0.148. The Morgan fingerprint density at radius 1 is 1.29 bits per heavy atom. The van der Waals surface area contributed by atoms with Gasteiger partial charge in [0.25, 0.3) is 5.91 Å².